The quantitative estimate of drug-likeness (QED) is 0.510. The Balaban J connectivity index is 1.63. The van der Waals surface area contributed by atoms with E-state index in [2.05, 4.69) is 15.0 Å². The van der Waals surface area contributed by atoms with Crippen LogP contribution in [-0.2, 0) is 16.1 Å². The minimum Gasteiger partial charge on any atom is -0.434 e. The fourth-order valence-corrected chi connectivity index (χ4v) is 3.58. The average Bonchev–Trinajstić information content (AvgIpc) is 3.20. The van der Waals surface area contributed by atoms with Crippen LogP contribution < -0.4 is 15.0 Å². The molecule has 2 aromatic carbocycles. The second-order valence-electron chi connectivity index (χ2n) is 6.28. The van der Waals surface area contributed by atoms with E-state index in [1.54, 1.807) is 35.7 Å². The molecule has 31 heavy (non-hydrogen) atoms. The van der Waals surface area contributed by atoms with E-state index in [1.165, 1.54) is 41.4 Å². The Bertz CT molecular complexity index is 1070. The molecular weight excluding hydrogens is 424 g/mol. The van der Waals surface area contributed by atoms with Crippen molar-refractivity contribution >= 4 is 40.0 Å². The molecule has 0 atom stereocenters. The number of anilines is 2. The summed E-state index contributed by atoms with van der Waals surface area (Å²) in [6.45, 7) is -1.46. The van der Waals surface area contributed by atoms with Crippen molar-refractivity contribution < 1.29 is 23.1 Å². The maximum absolute atomic E-state index is 12.5. The second-order valence-corrected chi connectivity index (χ2v) is 7.12. The van der Waals surface area contributed by atoms with Crippen molar-refractivity contribution in [3.05, 3.63) is 77.3 Å². The van der Waals surface area contributed by atoms with Crippen LogP contribution in [0.3, 0.4) is 0 Å². The second kappa shape index (κ2) is 10.4. The number of hydrogen-bond donors (Lipinski definition) is 1. The fourth-order valence-electron chi connectivity index (χ4n) is 2.72. The van der Waals surface area contributed by atoms with E-state index in [1.807, 2.05) is 18.2 Å². The molecule has 0 unspecified atom stereocenters. The molecule has 1 aromatic heterocycles. The van der Waals surface area contributed by atoms with Crippen molar-refractivity contribution in [3.63, 3.8) is 0 Å². The van der Waals surface area contributed by atoms with Gasteiger partial charge in [-0.1, -0.05) is 36.4 Å². The van der Waals surface area contributed by atoms with Gasteiger partial charge in [0.2, 0.25) is 11.8 Å². The molecule has 1 N–H and O–H groups in total. The zero-order valence-electron chi connectivity index (χ0n) is 16.5. The average molecular weight is 443 g/mol. The van der Waals surface area contributed by atoms with Crippen LogP contribution in [-0.4, -0.2) is 23.4 Å². The molecule has 3 rings (SSSR count). The molecule has 0 bridgehead atoms. The number of carbonyl (C=O) groups is 2. The van der Waals surface area contributed by atoms with E-state index in [9.17, 15) is 18.4 Å². The monoisotopic (exact) mass is 443 g/mol. The summed E-state index contributed by atoms with van der Waals surface area (Å²) in [5.74, 6) is -0.595. The van der Waals surface area contributed by atoms with E-state index >= 15 is 0 Å². The molecular formula is C22H19F2N3O3S. The number of ether oxygens (including phenoxy) is 1. The summed E-state index contributed by atoms with van der Waals surface area (Å²) in [5, 5.41) is 4.83. The van der Waals surface area contributed by atoms with Gasteiger partial charge in [0.15, 0.2) is 5.13 Å². The summed E-state index contributed by atoms with van der Waals surface area (Å²) in [6, 6.07) is 15.4. The molecule has 0 aliphatic rings. The SMILES string of the molecule is CC(=O)N(c1ccccc1)c1nc(/C=C/C(=O)NCc2ccccc2OC(F)F)cs1. The zero-order valence-corrected chi connectivity index (χ0v) is 17.3. The van der Waals surface area contributed by atoms with Gasteiger partial charge in [-0.2, -0.15) is 8.78 Å². The van der Waals surface area contributed by atoms with Crippen molar-refractivity contribution in [2.75, 3.05) is 4.90 Å². The Morgan fingerprint density at radius 1 is 1.16 bits per heavy atom. The Kier molecular flexibility index (Phi) is 7.45. The number of nitrogens with zero attached hydrogens (tertiary/aromatic N) is 2. The number of halogens is 2. The number of alkyl halides is 2. The van der Waals surface area contributed by atoms with Crippen LogP contribution in [0.1, 0.15) is 18.2 Å². The lowest BCUT2D eigenvalue weighted by atomic mass is 10.2. The van der Waals surface area contributed by atoms with E-state index in [0.717, 1.165) is 0 Å². The van der Waals surface area contributed by atoms with E-state index < -0.39 is 12.5 Å². The van der Waals surface area contributed by atoms with E-state index in [0.29, 0.717) is 22.1 Å². The summed E-state index contributed by atoms with van der Waals surface area (Å²) in [6.07, 6.45) is 2.80. The van der Waals surface area contributed by atoms with E-state index in [-0.39, 0.29) is 18.2 Å². The summed E-state index contributed by atoms with van der Waals surface area (Å²) >= 11 is 1.27. The highest BCUT2D eigenvalue weighted by atomic mass is 32.1. The minimum absolute atomic E-state index is 0.0103. The van der Waals surface area contributed by atoms with Crippen LogP contribution in [0.2, 0.25) is 0 Å². The standard InChI is InChI=1S/C22H19F2N3O3S/c1-15(28)27(18-8-3-2-4-9-18)22-26-17(14-31-22)11-12-20(29)25-13-16-7-5-6-10-19(16)30-21(23)24/h2-12,14,21H,13H2,1H3,(H,25,29)/b12-11+. The number of para-hydroxylation sites is 2. The lowest BCUT2D eigenvalue weighted by Crippen LogP contribution is -2.22. The summed E-state index contributed by atoms with van der Waals surface area (Å²) < 4.78 is 29.4. The third kappa shape index (κ3) is 6.19. The Morgan fingerprint density at radius 3 is 2.58 bits per heavy atom. The fraction of sp³-hybridized carbons (Fsp3) is 0.136. The number of thiazole rings is 1. The molecule has 160 valence electrons. The summed E-state index contributed by atoms with van der Waals surface area (Å²) in [5.41, 5.74) is 1.64. The molecule has 0 saturated heterocycles. The maximum Gasteiger partial charge on any atom is 0.387 e. The van der Waals surface area contributed by atoms with Crippen LogP contribution in [0.4, 0.5) is 19.6 Å². The molecule has 3 aromatic rings. The molecule has 0 saturated carbocycles. The zero-order chi connectivity index (χ0) is 22.2. The van der Waals surface area contributed by atoms with Crippen LogP contribution in [0.15, 0.2) is 66.1 Å². The largest absolute Gasteiger partial charge is 0.434 e. The molecule has 0 spiro atoms. The Morgan fingerprint density at radius 2 is 1.87 bits per heavy atom. The van der Waals surface area contributed by atoms with Crippen molar-refractivity contribution in [1.29, 1.82) is 0 Å². The van der Waals surface area contributed by atoms with Crippen LogP contribution in [0.5, 0.6) is 5.75 Å². The number of amides is 2. The van der Waals surface area contributed by atoms with Gasteiger partial charge in [0, 0.05) is 30.5 Å². The summed E-state index contributed by atoms with van der Waals surface area (Å²) in [4.78, 5) is 30.1. The number of nitrogens with one attached hydrogen (secondary N) is 1. The first-order chi connectivity index (χ1) is 14.9. The number of aromatic nitrogens is 1. The van der Waals surface area contributed by atoms with Gasteiger partial charge in [-0.3, -0.25) is 14.5 Å². The predicted molar refractivity (Wildman–Crippen MR) is 115 cm³/mol. The third-order valence-electron chi connectivity index (χ3n) is 4.08. The Hall–Kier alpha value is -3.59. The van der Waals surface area contributed by atoms with E-state index in [4.69, 9.17) is 0 Å². The molecule has 0 aliphatic heterocycles. The van der Waals surface area contributed by atoms with Crippen molar-refractivity contribution in [2.45, 2.75) is 20.1 Å². The highest BCUT2D eigenvalue weighted by Gasteiger charge is 2.17. The number of carbonyl (C=O) groups excluding carboxylic acids is 2. The smallest absolute Gasteiger partial charge is 0.387 e. The predicted octanol–water partition coefficient (Wildman–Crippen LogP) is 4.76. The summed E-state index contributed by atoms with van der Waals surface area (Å²) in [7, 11) is 0. The van der Waals surface area contributed by atoms with Crippen molar-refractivity contribution in [2.24, 2.45) is 0 Å². The lowest BCUT2D eigenvalue weighted by Gasteiger charge is -2.17. The minimum atomic E-state index is -2.94. The Labute approximate surface area is 181 Å². The van der Waals surface area contributed by atoms with Crippen molar-refractivity contribution in [1.82, 2.24) is 10.3 Å². The van der Waals surface area contributed by atoms with Gasteiger partial charge in [0.25, 0.3) is 0 Å². The number of benzene rings is 2. The van der Waals surface area contributed by atoms with Gasteiger partial charge in [0.1, 0.15) is 5.75 Å². The van der Waals surface area contributed by atoms with Gasteiger partial charge < -0.3 is 10.1 Å². The molecule has 0 fully saturated rings. The lowest BCUT2D eigenvalue weighted by molar-refractivity contribution is -0.117. The van der Waals surface area contributed by atoms with Gasteiger partial charge in [-0.05, 0) is 24.3 Å². The first-order valence-electron chi connectivity index (χ1n) is 9.24. The van der Waals surface area contributed by atoms with Gasteiger partial charge >= 0.3 is 6.61 Å². The molecule has 9 heteroatoms. The highest BCUT2D eigenvalue weighted by Crippen LogP contribution is 2.29. The van der Waals surface area contributed by atoms with Crippen LogP contribution in [0.25, 0.3) is 6.08 Å². The number of hydrogen-bond acceptors (Lipinski definition) is 5. The van der Waals surface area contributed by atoms with Crippen molar-refractivity contribution in [3.8, 4) is 5.75 Å². The molecule has 0 aliphatic carbocycles. The van der Waals surface area contributed by atoms with Gasteiger partial charge in [-0.25, -0.2) is 4.98 Å². The number of rotatable bonds is 8. The highest BCUT2D eigenvalue weighted by molar-refractivity contribution is 7.14. The maximum atomic E-state index is 12.5. The topological polar surface area (TPSA) is 71.5 Å². The van der Waals surface area contributed by atoms with Gasteiger partial charge in [-0.15, -0.1) is 11.3 Å². The normalized spacial score (nSPS) is 11.0. The molecule has 2 amide bonds. The third-order valence-corrected chi connectivity index (χ3v) is 4.92. The first kappa shape index (κ1) is 22.1. The van der Waals surface area contributed by atoms with Gasteiger partial charge in [0.05, 0.1) is 11.4 Å². The molecule has 0 radical (unpaired) electrons. The van der Waals surface area contributed by atoms with Crippen LogP contribution in [0, 0.1) is 0 Å². The first-order valence-corrected chi connectivity index (χ1v) is 10.1. The van der Waals surface area contributed by atoms with Crippen LogP contribution >= 0.6 is 11.3 Å². The molecule has 1 heterocycles. The molecule has 6 nitrogen and oxygen atoms in total.